The Kier molecular flexibility index (Phi) is 7.10. The second kappa shape index (κ2) is 10.8. The fourth-order valence-electron chi connectivity index (χ4n) is 3.47. The van der Waals surface area contributed by atoms with Gasteiger partial charge in [-0.3, -0.25) is 19.3 Å². The highest BCUT2D eigenvalue weighted by molar-refractivity contribution is 8.18. The average Bonchev–Trinajstić information content (AvgIpc) is 3.57. The number of amides is 3. The number of hydrogen-bond donors (Lipinski definition) is 3. The summed E-state index contributed by atoms with van der Waals surface area (Å²) in [7, 11) is 0. The highest BCUT2D eigenvalue weighted by Gasteiger charge is 2.36. The molecule has 3 N–H and O–H groups in total. The second-order valence-corrected chi connectivity index (χ2v) is 9.71. The molecule has 4 aromatic rings. The van der Waals surface area contributed by atoms with Crippen LogP contribution in [0.3, 0.4) is 0 Å². The third-order valence-corrected chi connectivity index (χ3v) is 6.88. The lowest BCUT2D eigenvalue weighted by Crippen LogP contribution is -2.40. The zero-order chi connectivity index (χ0) is 24.9. The van der Waals surface area contributed by atoms with Crippen molar-refractivity contribution in [3.05, 3.63) is 77.4 Å². The average molecular weight is 520 g/mol. The zero-order valence-electron chi connectivity index (χ0n) is 18.9. The van der Waals surface area contributed by atoms with E-state index in [-0.39, 0.29) is 11.4 Å². The molecule has 11 heteroatoms. The zero-order valence-corrected chi connectivity index (χ0v) is 20.5. The molecule has 0 spiro atoms. The molecule has 1 fully saturated rings. The normalized spacial score (nSPS) is 14.7. The molecule has 3 amide bonds. The van der Waals surface area contributed by atoms with E-state index in [9.17, 15) is 14.4 Å². The van der Waals surface area contributed by atoms with Crippen molar-refractivity contribution in [3.8, 4) is 0 Å². The number of nitrogens with one attached hydrogen (secondary N) is 3. The molecule has 9 nitrogen and oxygen atoms in total. The lowest BCUT2D eigenvalue weighted by molar-refractivity contribution is -0.129. The topological polar surface area (TPSA) is 120 Å². The number of thioether (sulfide) groups is 1. The summed E-state index contributed by atoms with van der Waals surface area (Å²) in [6, 6.07) is 20.8. The summed E-state index contributed by atoms with van der Waals surface area (Å²) in [6.45, 7) is 0.543. The summed E-state index contributed by atoms with van der Waals surface area (Å²) in [4.78, 5) is 46.2. The number of carbonyl (C=O) groups is 3. The fraction of sp³-hybridized carbons (Fsp3) is 0.120. The Labute approximate surface area is 214 Å². The Morgan fingerprint density at radius 1 is 1.06 bits per heavy atom. The highest BCUT2D eigenvalue weighted by Crippen LogP contribution is 2.34. The summed E-state index contributed by atoms with van der Waals surface area (Å²) >= 11 is 2.10. The summed E-state index contributed by atoms with van der Waals surface area (Å²) in [5.74, 6) is -0.503. The SMILES string of the molecule is O=C(CN1C(=O)S/C(=C\c2ccc(Sc3nc4ccccc4[nH]3)o2)C1=O)NCCNc1ccccc1. The Hall–Kier alpha value is -3.96. The Bertz CT molecular complexity index is 1410. The summed E-state index contributed by atoms with van der Waals surface area (Å²) in [5, 5.41) is 6.67. The van der Waals surface area contributed by atoms with Crippen LogP contribution in [0.1, 0.15) is 5.76 Å². The van der Waals surface area contributed by atoms with Gasteiger partial charge in [0.05, 0.1) is 15.9 Å². The number of anilines is 1. The van der Waals surface area contributed by atoms with Crippen molar-refractivity contribution in [1.82, 2.24) is 20.2 Å². The van der Waals surface area contributed by atoms with Crippen molar-refractivity contribution < 1.29 is 18.8 Å². The van der Waals surface area contributed by atoms with Gasteiger partial charge in [0.25, 0.3) is 11.1 Å². The van der Waals surface area contributed by atoms with Crippen LogP contribution in [0.4, 0.5) is 10.5 Å². The molecule has 0 unspecified atom stereocenters. The van der Waals surface area contributed by atoms with Gasteiger partial charge < -0.3 is 20.0 Å². The van der Waals surface area contributed by atoms with Crippen LogP contribution in [-0.2, 0) is 9.59 Å². The second-order valence-electron chi connectivity index (χ2n) is 7.73. The standard InChI is InChI=1S/C25H21N5O4S2/c31-21(27-13-12-26-16-6-2-1-3-7-16)15-30-23(32)20(35-25(30)33)14-17-10-11-22(34-17)36-24-28-18-8-4-5-9-19(18)29-24/h1-11,14,26H,12-13,15H2,(H,27,31)(H,28,29)/b20-14-. The molecule has 2 aromatic carbocycles. The number of nitrogens with zero attached hydrogens (tertiary/aromatic N) is 2. The molecule has 0 atom stereocenters. The van der Waals surface area contributed by atoms with Gasteiger partial charge in [0.15, 0.2) is 10.2 Å². The molecule has 0 aliphatic carbocycles. The number of para-hydroxylation sites is 3. The number of carbonyl (C=O) groups excluding carboxylic acids is 3. The van der Waals surface area contributed by atoms with E-state index in [0.29, 0.717) is 29.1 Å². The number of hydrogen-bond acceptors (Lipinski definition) is 8. The smallest absolute Gasteiger partial charge is 0.294 e. The van der Waals surface area contributed by atoms with E-state index in [4.69, 9.17) is 4.42 Å². The van der Waals surface area contributed by atoms with Crippen molar-refractivity contribution in [2.75, 3.05) is 25.0 Å². The maximum atomic E-state index is 12.7. The summed E-state index contributed by atoms with van der Waals surface area (Å²) < 4.78 is 5.79. The first kappa shape index (κ1) is 23.8. The van der Waals surface area contributed by atoms with Crippen LogP contribution in [0.15, 0.2) is 86.3 Å². The predicted molar refractivity (Wildman–Crippen MR) is 140 cm³/mol. The van der Waals surface area contributed by atoms with Crippen LogP contribution in [-0.4, -0.2) is 51.6 Å². The number of aromatic amines is 1. The van der Waals surface area contributed by atoms with E-state index in [2.05, 4.69) is 20.6 Å². The lowest BCUT2D eigenvalue weighted by Gasteiger charge is -2.13. The summed E-state index contributed by atoms with van der Waals surface area (Å²) in [6.07, 6.45) is 1.51. The van der Waals surface area contributed by atoms with Gasteiger partial charge >= 0.3 is 0 Å². The molecule has 2 aromatic heterocycles. The van der Waals surface area contributed by atoms with E-state index in [1.165, 1.54) is 17.8 Å². The first-order valence-corrected chi connectivity index (χ1v) is 12.7. The predicted octanol–water partition coefficient (Wildman–Crippen LogP) is 4.57. The number of imidazole rings is 1. The van der Waals surface area contributed by atoms with E-state index in [1.807, 2.05) is 54.6 Å². The third kappa shape index (κ3) is 5.64. The molecule has 182 valence electrons. The van der Waals surface area contributed by atoms with Crippen LogP contribution < -0.4 is 10.6 Å². The molecule has 1 saturated heterocycles. The van der Waals surface area contributed by atoms with Gasteiger partial charge in [-0.25, -0.2) is 4.98 Å². The molecular weight excluding hydrogens is 498 g/mol. The van der Waals surface area contributed by atoms with Gasteiger partial charge in [-0.15, -0.1) is 0 Å². The number of H-pyrrole nitrogens is 1. The Balaban J connectivity index is 1.14. The van der Waals surface area contributed by atoms with Crippen LogP contribution in [0, 0.1) is 0 Å². The molecule has 5 rings (SSSR count). The van der Waals surface area contributed by atoms with Gasteiger partial charge in [0.1, 0.15) is 12.3 Å². The highest BCUT2D eigenvalue weighted by atomic mass is 32.2. The van der Waals surface area contributed by atoms with Crippen LogP contribution in [0.5, 0.6) is 0 Å². The number of benzene rings is 2. The number of imide groups is 1. The van der Waals surface area contributed by atoms with Gasteiger partial charge in [-0.2, -0.15) is 0 Å². The molecule has 36 heavy (non-hydrogen) atoms. The van der Waals surface area contributed by atoms with E-state index in [1.54, 1.807) is 12.1 Å². The quantitative estimate of drug-likeness (QED) is 0.217. The van der Waals surface area contributed by atoms with Crippen molar-refractivity contribution >= 4 is 63.4 Å². The first-order chi connectivity index (χ1) is 17.5. The van der Waals surface area contributed by atoms with Crippen molar-refractivity contribution in [3.63, 3.8) is 0 Å². The molecule has 1 aliphatic rings. The number of furan rings is 1. The monoisotopic (exact) mass is 519 g/mol. The fourth-order valence-corrected chi connectivity index (χ4v) is 5.06. The van der Waals surface area contributed by atoms with Gasteiger partial charge in [0.2, 0.25) is 5.91 Å². The minimum atomic E-state index is -0.523. The largest absolute Gasteiger partial charge is 0.450 e. The van der Waals surface area contributed by atoms with Crippen LogP contribution in [0.2, 0.25) is 0 Å². The summed E-state index contributed by atoms with van der Waals surface area (Å²) in [5.41, 5.74) is 2.73. The molecular formula is C25H21N5O4S2. The number of rotatable bonds is 9. The number of fused-ring (bicyclic) bond motifs is 1. The molecule has 0 radical (unpaired) electrons. The Morgan fingerprint density at radius 2 is 1.86 bits per heavy atom. The number of aromatic nitrogens is 2. The van der Waals surface area contributed by atoms with E-state index in [0.717, 1.165) is 33.4 Å². The lowest BCUT2D eigenvalue weighted by atomic mass is 10.3. The molecule has 3 heterocycles. The first-order valence-electron chi connectivity index (χ1n) is 11.1. The minimum Gasteiger partial charge on any atom is -0.450 e. The molecule has 0 saturated carbocycles. The maximum Gasteiger partial charge on any atom is 0.294 e. The maximum absolute atomic E-state index is 12.7. The van der Waals surface area contributed by atoms with Crippen LogP contribution in [0.25, 0.3) is 17.1 Å². The molecule has 0 bridgehead atoms. The van der Waals surface area contributed by atoms with Crippen molar-refractivity contribution in [2.24, 2.45) is 0 Å². The Morgan fingerprint density at radius 3 is 2.69 bits per heavy atom. The van der Waals surface area contributed by atoms with E-state index >= 15 is 0 Å². The van der Waals surface area contributed by atoms with Gasteiger partial charge in [0, 0.05) is 24.9 Å². The minimum absolute atomic E-state index is 0.202. The van der Waals surface area contributed by atoms with E-state index < -0.39 is 17.1 Å². The van der Waals surface area contributed by atoms with Crippen molar-refractivity contribution in [1.29, 1.82) is 0 Å². The third-order valence-electron chi connectivity index (χ3n) is 5.17. The molecule has 1 aliphatic heterocycles. The van der Waals surface area contributed by atoms with Crippen LogP contribution >= 0.6 is 23.5 Å². The van der Waals surface area contributed by atoms with Crippen molar-refractivity contribution in [2.45, 2.75) is 10.2 Å². The van der Waals surface area contributed by atoms with Gasteiger partial charge in [-0.05, 0) is 59.9 Å². The van der Waals surface area contributed by atoms with Gasteiger partial charge in [-0.1, -0.05) is 30.3 Å².